The first kappa shape index (κ1) is 16.0. The number of aryl methyl sites for hydroxylation is 1. The molecule has 2 aromatic carbocycles. The van der Waals surface area contributed by atoms with E-state index in [1.807, 2.05) is 18.2 Å². The molecule has 24 heavy (non-hydrogen) atoms. The van der Waals surface area contributed by atoms with Crippen molar-refractivity contribution in [1.29, 1.82) is 0 Å². The van der Waals surface area contributed by atoms with Crippen molar-refractivity contribution in [3.05, 3.63) is 81.4 Å². The summed E-state index contributed by atoms with van der Waals surface area (Å²) in [5.41, 5.74) is 3.52. The highest BCUT2D eigenvalue weighted by atomic mass is 35.5. The van der Waals surface area contributed by atoms with Gasteiger partial charge in [-0.2, -0.15) is 0 Å². The zero-order valence-corrected chi connectivity index (χ0v) is 13.6. The van der Waals surface area contributed by atoms with E-state index in [0.29, 0.717) is 21.7 Å². The molecule has 3 rings (SSSR count). The Balaban J connectivity index is 1.89. The van der Waals surface area contributed by atoms with Crippen molar-refractivity contribution in [3.63, 3.8) is 0 Å². The normalized spacial score (nSPS) is 11.1. The fraction of sp³-hybridized carbons (Fsp3) is 0.0556. The number of hydrogen-bond donors (Lipinski definition) is 1. The fourth-order valence-electron chi connectivity index (χ4n) is 2.30. The summed E-state index contributed by atoms with van der Waals surface area (Å²) in [7, 11) is 0. The minimum Gasteiger partial charge on any atom is -0.268 e. The monoisotopic (exact) mass is 339 g/mol. The highest BCUT2D eigenvalue weighted by molar-refractivity contribution is 6.32. The van der Waals surface area contributed by atoms with Crippen LogP contribution in [-0.2, 0) is 4.79 Å². The van der Waals surface area contributed by atoms with Crippen LogP contribution in [0.25, 0.3) is 17.0 Å². The fourth-order valence-corrected chi connectivity index (χ4v) is 2.50. The standard InChI is InChI=1S/C18H14ClN3O2/c1-12-20-16-9-5-3-7-14(16)18(24)22(12)21-17(23)11-10-13-6-2-4-8-15(13)19/h2-11H,1H3,(H,21,23)/b11-10+. The Labute approximate surface area is 143 Å². The molecule has 1 aromatic heterocycles. The molecule has 0 bridgehead atoms. The molecule has 0 atom stereocenters. The van der Waals surface area contributed by atoms with Crippen LogP contribution in [0, 0.1) is 6.92 Å². The number of carbonyl (C=O) groups is 1. The summed E-state index contributed by atoms with van der Waals surface area (Å²) in [4.78, 5) is 28.9. The van der Waals surface area contributed by atoms with Gasteiger partial charge in [-0.25, -0.2) is 9.66 Å². The average Bonchev–Trinajstić information content (AvgIpc) is 2.58. The molecule has 0 radical (unpaired) electrons. The lowest BCUT2D eigenvalue weighted by Crippen LogP contribution is -2.34. The molecule has 6 heteroatoms. The van der Waals surface area contributed by atoms with E-state index in [1.54, 1.807) is 43.3 Å². The Morgan fingerprint density at radius 1 is 1.17 bits per heavy atom. The number of halogens is 1. The van der Waals surface area contributed by atoms with Gasteiger partial charge in [0.15, 0.2) is 0 Å². The molecule has 120 valence electrons. The van der Waals surface area contributed by atoms with E-state index < -0.39 is 5.91 Å². The smallest absolute Gasteiger partial charge is 0.268 e. The van der Waals surface area contributed by atoms with Gasteiger partial charge in [-0.3, -0.25) is 15.0 Å². The van der Waals surface area contributed by atoms with E-state index in [9.17, 15) is 9.59 Å². The first-order chi connectivity index (χ1) is 11.6. The molecule has 0 fully saturated rings. The minimum absolute atomic E-state index is 0.322. The Hall–Kier alpha value is -2.92. The van der Waals surface area contributed by atoms with E-state index in [-0.39, 0.29) is 5.56 Å². The van der Waals surface area contributed by atoms with E-state index >= 15 is 0 Å². The summed E-state index contributed by atoms with van der Waals surface area (Å²) in [6.07, 6.45) is 2.91. The third-order valence-corrected chi connectivity index (χ3v) is 3.83. The summed E-state index contributed by atoms with van der Waals surface area (Å²) in [6, 6.07) is 14.2. The molecular weight excluding hydrogens is 326 g/mol. The summed E-state index contributed by atoms with van der Waals surface area (Å²) < 4.78 is 1.14. The van der Waals surface area contributed by atoms with Crippen LogP contribution in [0.3, 0.4) is 0 Å². The number of para-hydroxylation sites is 1. The zero-order chi connectivity index (χ0) is 17.1. The third-order valence-electron chi connectivity index (χ3n) is 3.48. The van der Waals surface area contributed by atoms with Crippen molar-refractivity contribution in [2.24, 2.45) is 0 Å². The second-order valence-electron chi connectivity index (χ2n) is 5.15. The van der Waals surface area contributed by atoms with Gasteiger partial charge in [0.1, 0.15) is 5.82 Å². The molecule has 0 saturated carbocycles. The van der Waals surface area contributed by atoms with Crippen molar-refractivity contribution in [2.75, 3.05) is 5.43 Å². The molecule has 1 N–H and O–H groups in total. The van der Waals surface area contributed by atoms with Gasteiger partial charge in [0.05, 0.1) is 10.9 Å². The lowest BCUT2D eigenvalue weighted by molar-refractivity contribution is -0.112. The number of nitrogens with zero attached hydrogens (tertiary/aromatic N) is 2. The molecular formula is C18H14ClN3O2. The average molecular weight is 340 g/mol. The molecule has 0 spiro atoms. The van der Waals surface area contributed by atoms with Gasteiger partial charge in [-0.1, -0.05) is 41.9 Å². The highest BCUT2D eigenvalue weighted by Gasteiger charge is 2.09. The Morgan fingerprint density at radius 2 is 1.88 bits per heavy atom. The number of hydrogen-bond acceptors (Lipinski definition) is 3. The maximum absolute atomic E-state index is 12.5. The van der Waals surface area contributed by atoms with E-state index in [0.717, 1.165) is 10.2 Å². The van der Waals surface area contributed by atoms with Crippen LogP contribution >= 0.6 is 11.6 Å². The van der Waals surface area contributed by atoms with Crippen molar-refractivity contribution in [2.45, 2.75) is 6.92 Å². The molecule has 0 aliphatic rings. The molecule has 0 aliphatic heterocycles. The number of amides is 1. The molecule has 3 aromatic rings. The van der Waals surface area contributed by atoms with E-state index in [1.165, 1.54) is 6.08 Å². The van der Waals surface area contributed by atoms with Gasteiger partial charge in [0.2, 0.25) is 0 Å². The molecule has 1 amide bonds. The predicted molar refractivity (Wildman–Crippen MR) is 95.6 cm³/mol. The van der Waals surface area contributed by atoms with Crippen LogP contribution in [0.1, 0.15) is 11.4 Å². The Bertz CT molecular complexity index is 1010. The van der Waals surface area contributed by atoms with E-state index in [2.05, 4.69) is 10.4 Å². The largest absolute Gasteiger partial charge is 0.280 e. The van der Waals surface area contributed by atoms with Crippen molar-refractivity contribution in [1.82, 2.24) is 9.66 Å². The lowest BCUT2D eigenvalue weighted by Gasteiger charge is -2.10. The number of fused-ring (bicyclic) bond motifs is 1. The van der Waals surface area contributed by atoms with Gasteiger partial charge in [-0.15, -0.1) is 0 Å². The highest BCUT2D eigenvalue weighted by Crippen LogP contribution is 2.16. The van der Waals surface area contributed by atoms with Crippen LogP contribution < -0.4 is 11.0 Å². The van der Waals surface area contributed by atoms with Crippen molar-refractivity contribution < 1.29 is 4.79 Å². The van der Waals surface area contributed by atoms with Gasteiger partial charge in [0.25, 0.3) is 11.5 Å². The maximum Gasteiger partial charge on any atom is 0.280 e. The molecule has 0 saturated heterocycles. The number of rotatable bonds is 3. The quantitative estimate of drug-likeness (QED) is 0.745. The molecule has 1 heterocycles. The summed E-state index contributed by atoms with van der Waals surface area (Å²) in [5.74, 6) is -0.0459. The second-order valence-corrected chi connectivity index (χ2v) is 5.55. The SMILES string of the molecule is Cc1nc2ccccc2c(=O)n1NC(=O)/C=C/c1ccccc1Cl. The van der Waals surface area contributed by atoms with Crippen LogP contribution in [0.5, 0.6) is 0 Å². The predicted octanol–water partition coefficient (Wildman–Crippen LogP) is 3.14. The van der Waals surface area contributed by atoms with Gasteiger partial charge in [0, 0.05) is 11.1 Å². The summed E-state index contributed by atoms with van der Waals surface area (Å²) in [5, 5.41) is 0.987. The van der Waals surface area contributed by atoms with Gasteiger partial charge >= 0.3 is 0 Å². The summed E-state index contributed by atoms with van der Waals surface area (Å²) in [6.45, 7) is 1.66. The topological polar surface area (TPSA) is 64.0 Å². The molecule has 0 unspecified atom stereocenters. The van der Waals surface area contributed by atoms with Crippen molar-refractivity contribution >= 4 is 34.5 Å². The third kappa shape index (κ3) is 3.21. The van der Waals surface area contributed by atoms with Crippen LogP contribution in [-0.4, -0.2) is 15.6 Å². The number of aromatic nitrogens is 2. The van der Waals surface area contributed by atoms with Gasteiger partial charge < -0.3 is 0 Å². The number of nitrogens with one attached hydrogen (secondary N) is 1. The first-order valence-corrected chi connectivity index (χ1v) is 7.66. The summed E-state index contributed by atoms with van der Waals surface area (Å²) >= 11 is 6.04. The van der Waals surface area contributed by atoms with Crippen molar-refractivity contribution in [3.8, 4) is 0 Å². The maximum atomic E-state index is 12.5. The zero-order valence-electron chi connectivity index (χ0n) is 12.9. The number of benzene rings is 2. The second kappa shape index (κ2) is 6.68. The van der Waals surface area contributed by atoms with Gasteiger partial charge in [-0.05, 0) is 36.8 Å². The minimum atomic E-state index is -0.447. The molecule has 5 nitrogen and oxygen atoms in total. The Morgan fingerprint density at radius 3 is 2.67 bits per heavy atom. The Kier molecular flexibility index (Phi) is 4.44. The van der Waals surface area contributed by atoms with Crippen LogP contribution in [0.15, 0.2) is 59.4 Å². The first-order valence-electron chi connectivity index (χ1n) is 7.28. The lowest BCUT2D eigenvalue weighted by atomic mass is 10.2. The van der Waals surface area contributed by atoms with Crippen LogP contribution in [0.4, 0.5) is 0 Å². The van der Waals surface area contributed by atoms with Crippen LogP contribution in [0.2, 0.25) is 5.02 Å². The van der Waals surface area contributed by atoms with E-state index in [4.69, 9.17) is 11.6 Å². The number of carbonyl (C=O) groups excluding carboxylic acids is 1. The molecule has 0 aliphatic carbocycles.